The third-order valence-corrected chi connectivity index (χ3v) is 6.08. The molecule has 6 nitrogen and oxygen atoms in total. The zero-order valence-corrected chi connectivity index (χ0v) is 16.5. The van der Waals surface area contributed by atoms with Crippen molar-refractivity contribution in [1.82, 2.24) is 9.88 Å². The topological polar surface area (TPSA) is 54.9 Å². The van der Waals surface area contributed by atoms with Gasteiger partial charge in [-0.1, -0.05) is 18.2 Å². The number of carbonyl (C=O) groups excluding carboxylic acids is 1. The average Bonchev–Trinajstić information content (AvgIpc) is 3.49. The number of pyridine rings is 1. The van der Waals surface area contributed by atoms with Gasteiger partial charge in [-0.2, -0.15) is 0 Å². The molecule has 1 aliphatic carbocycles. The molecule has 2 atom stereocenters. The number of carbonyl (C=O) groups is 1. The van der Waals surface area contributed by atoms with E-state index in [1.54, 1.807) is 7.11 Å². The summed E-state index contributed by atoms with van der Waals surface area (Å²) in [5.41, 5.74) is 0.511. The van der Waals surface area contributed by atoms with Gasteiger partial charge in [-0.15, -0.1) is 0 Å². The van der Waals surface area contributed by atoms with Gasteiger partial charge in [-0.25, -0.2) is 4.98 Å². The summed E-state index contributed by atoms with van der Waals surface area (Å²) in [6.07, 6.45) is 2.68. The van der Waals surface area contributed by atoms with Crippen molar-refractivity contribution in [3.05, 3.63) is 54.2 Å². The summed E-state index contributed by atoms with van der Waals surface area (Å²) in [4.78, 5) is 21.9. The van der Waals surface area contributed by atoms with Gasteiger partial charge in [-0.05, 0) is 42.2 Å². The van der Waals surface area contributed by atoms with Crippen LogP contribution in [0.5, 0.6) is 5.75 Å². The molecule has 0 amide bonds. The van der Waals surface area contributed by atoms with Crippen LogP contribution in [-0.2, 0) is 14.9 Å². The zero-order valence-electron chi connectivity index (χ0n) is 16.5. The van der Waals surface area contributed by atoms with E-state index in [0.717, 1.165) is 56.3 Å². The van der Waals surface area contributed by atoms with Crippen molar-refractivity contribution in [1.29, 1.82) is 0 Å². The van der Waals surface area contributed by atoms with E-state index in [0.29, 0.717) is 0 Å². The Labute approximate surface area is 166 Å². The number of aromatic nitrogens is 1. The zero-order chi connectivity index (χ0) is 19.6. The van der Waals surface area contributed by atoms with Gasteiger partial charge >= 0.3 is 5.97 Å². The average molecular weight is 381 g/mol. The lowest BCUT2D eigenvalue weighted by Crippen LogP contribution is -2.47. The maximum Gasteiger partial charge on any atom is 0.316 e. The largest absolute Gasteiger partial charge is 0.497 e. The first-order valence-corrected chi connectivity index (χ1v) is 9.78. The Kier molecular flexibility index (Phi) is 5.22. The van der Waals surface area contributed by atoms with Crippen LogP contribution in [0.3, 0.4) is 0 Å². The van der Waals surface area contributed by atoms with Crippen LogP contribution in [0.4, 0.5) is 5.82 Å². The third kappa shape index (κ3) is 3.44. The van der Waals surface area contributed by atoms with Crippen LogP contribution in [0.2, 0.25) is 0 Å². The first-order chi connectivity index (χ1) is 13.7. The van der Waals surface area contributed by atoms with E-state index < -0.39 is 5.41 Å². The van der Waals surface area contributed by atoms with Gasteiger partial charge in [0.15, 0.2) is 0 Å². The number of nitrogens with zero attached hydrogens (tertiary/aromatic N) is 3. The van der Waals surface area contributed by atoms with Crippen LogP contribution in [0.15, 0.2) is 48.7 Å². The number of rotatable bonds is 6. The quantitative estimate of drug-likeness (QED) is 0.716. The number of methoxy groups -OCH3 is 2. The second kappa shape index (κ2) is 7.80. The van der Waals surface area contributed by atoms with Crippen LogP contribution in [0.1, 0.15) is 12.0 Å². The molecule has 0 unspecified atom stereocenters. The Balaban J connectivity index is 1.40. The summed E-state index contributed by atoms with van der Waals surface area (Å²) >= 11 is 0. The Bertz CT molecular complexity index is 804. The molecule has 28 heavy (non-hydrogen) atoms. The molecule has 0 radical (unpaired) electrons. The standard InChI is InChI=1S/C22H27N3O3/c1-27-19-8-6-17(7-9-19)22(21(26)28-2)15-18(22)16-24-11-13-25(14-12-24)20-5-3-4-10-23-20/h3-10,18H,11-16H2,1-2H3/t18-,22+/m1/s1. The highest BCUT2D eigenvalue weighted by Gasteiger charge is 2.62. The first-order valence-electron chi connectivity index (χ1n) is 9.78. The molecule has 1 aliphatic heterocycles. The summed E-state index contributed by atoms with van der Waals surface area (Å²) in [5, 5.41) is 0. The minimum Gasteiger partial charge on any atom is -0.497 e. The fraction of sp³-hybridized carbons (Fsp3) is 0.455. The molecule has 1 saturated heterocycles. The number of esters is 1. The normalized spacial score (nSPS) is 24.6. The van der Waals surface area contributed by atoms with Gasteiger partial charge in [0.1, 0.15) is 11.6 Å². The van der Waals surface area contributed by atoms with Gasteiger partial charge in [0.25, 0.3) is 0 Å². The van der Waals surface area contributed by atoms with E-state index in [-0.39, 0.29) is 11.9 Å². The van der Waals surface area contributed by atoms with Crippen molar-refractivity contribution >= 4 is 11.8 Å². The highest BCUT2D eigenvalue weighted by atomic mass is 16.5. The molecule has 1 saturated carbocycles. The van der Waals surface area contributed by atoms with Crippen molar-refractivity contribution in [2.75, 3.05) is 51.8 Å². The van der Waals surface area contributed by atoms with Crippen molar-refractivity contribution in [3.63, 3.8) is 0 Å². The molecule has 2 aliphatic rings. The third-order valence-electron chi connectivity index (χ3n) is 6.08. The van der Waals surface area contributed by atoms with Gasteiger partial charge in [-0.3, -0.25) is 9.69 Å². The fourth-order valence-corrected chi connectivity index (χ4v) is 4.35. The fourth-order valence-electron chi connectivity index (χ4n) is 4.35. The molecular formula is C22H27N3O3. The van der Waals surface area contributed by atoms with E-state index in [1.807, 2.05) is 42.6 Å². The summed E-state index contributed by atoms with van der Waals surface area (Å²) in [5.74, 6) is 1.99. The Hall–Kier alpha value is -2.60. The molecule has 2 heterocycles. The van der Waals surface area contributed by atoms with E-state index in [4.69, 9.17) is 9.47 Å². The minimum atomic E-state index is -0.515. The monoisotopic (exact) mass is 381 g/mol. The molecule has 0 N–H and O–H groups in total. The maximum absolute atomic E-state index is 12.7. The van der Waals surface area contributed by atoms with E-state index in [9.17, 15) is 4.79 Å². The molecule has 0 spiro atoms. The molecule has 148 valence electrons. The second-order valence-corrected chi connectivity index (χ2v) is 7.57. The molecule has 1 aromatic heterocycles. The van der Waals surface area contributed by atoms with E-state index in [2.05, 4.69) is 20.9 Å². The number of benzene rings is 1. The van der Waals surface area contributed by atoms with Gasteiger partial charge in [0, 0.05) is 38.9 Å². The predicted molar refractivity (Wildman–Crippen MR) is 108 cm³/mol. The Morgan fingerprint density at radius 2 is 1.86 bits per heavy atom. The van der Waals surface area contributed by atoms with Gasteiger partial charge < -0.3 is 14.4 Å². The second-order valence-electron chi connectivity index (χ2n) is 7.57. The lowest BCUT2D eigenvalue weighted by molar-refractivity contribution is -0.144. The van der Waals surface area contributed by atoms with E-state index in [1.165, 1.54) is 7.11 Å². The van der Waals surface area contributed by atoms with Gasteiger partial charge in [0.2, 0.25) is 0 Å². The number of hydrogen-bond donors (Lipinski definition) is 0. The molecule has 2 aromatic rings. The van der Waals surface area contributed by atoms with Crippen molar-refractivity contribution in [3.8, 4) is 5.75 Å². The Morgan fingerprint density at radius 1 is 1.11 bits per heavy atom. The lowest BCUT2D eigenvalue weighted by atomic mass is 9.93. The van der Waals surface area contributed by atoms with Crippen molar-refractivity contribution in [2.24, 2.45) is 5.92 Å². The molecule has 4 rings (SSSR count). The Morgan fingerprint density at radius 3 is 2.46 bits per heavy atom. The van der Waals surface area contributed by atoms with Crippen LogP contribution in [0.25, 0.3) is 0 Å². The molecular weight excluding hydrogens is 354 g/mol. The summed E-state index contributed by atoms with van der Waals surface area (Å²) < 4.78 is 10.4. The molecule has 2 fully saturated rings. The maximum atomic E-state index is 12.7. The SMILES string of the molecule is COC(=O)[C@]1(c2ccc(OC)cc2)C[C@@H]1CN1CCN(c2ccccn2)CC1. The van der Waals surface area contributed by atoms with Crippen LogP contribution >= 0.6 is 0 Å². The molecule has 6 heteroatoms. The number of hydrogen-bond acceptors (Lipinski definition) is 6. The van der Waals surface area contributed by atoms with Crippen LogP contribution < -0.4 is 9.64 Å². The van der Waals surface area contributed by atoms with E-state index >= 15 is 0 Å². The number of anilines is 1. The highest BCUT2D eigenvalue weighted by Crippen LogP contribution is 2.55. The van der Waals surface area contributed by atoms with Crippen molar-refractivity contribution in [2.45, 2.75) is 11.8 Å². The van der Waals surface area contributed by atoms with Crippen LogP contribution in [0, 0.1) is 5.92 Å². The highest BCUT2D eigenvalue weighted by molar-refractivity contribution is 5.87. The number of piperazine rings is 1. The summed E-state index contributed by atoms with van der Waals surface area (Å²) in [6.45, 7) is 4.78. The predicted octanol–water partition coefficient (Wildman–Crippen LogP) is 2.34. The minimum absolute atomic E-state index is 0.130. The van der Waals surface area contributed by atoms with Crippen LogP contribution in [-0.4, -0.2) is 62.8 Å². The smallest absolute Gasteiger partial charge is 0.316 e. The first kappa shape index (κ1) is 18.7. The molecule has 1 aromatic carbocycles. The number of ether oxygens (including phenoxy) is 2. The van der Waals surface area contributed by atoms with Gasteiger partial charge in [0.05, 0.1) is 19.6 Å². The lowest BCUT2D eigenvalue weighted by Gasteiger charge is -2.35. The molecule has 0 bridgehead atoms. The van der Waals surface area contributed by atoms with Crippen molar-refractivity contribution < 1.29 is 14.3 Å². The summed E-state index contributed by atoms with van der Waals surface area (Å²) in [6, 6.07) is 13.9. The summed E-state index contributed by atoms with van der Waals surface area (Å²) in [7, 11) is 3.13.